The first-order chi connectivity index (χ1) is 39.5. The molecule has 1 aliphatic carbocycles. The molecule has 434 valence electrons. The molecule has 7 atom stereocenters. The van der Waals surface area contributed by atoms with Gasteiger partial charge in [0, 0.05) is 65.3 Å². The Kier molecular flexibility index (Phi) is 22.7. The van der Waals surface area contributed by atoms with Crippen molar-refractivity contribution in [1.29, 1.82) is 0 Å². The number of nitrogens with zero attached hydrogens (tertiary/aromatic N) is 1. The van der Waals surface area contributed by atoms with Gasteiger partial charge in [0.05, 0.1) is 6.04 Å². The van der Waals surface area contributed by atoms with Crippen LogP contribution in [0.5, 0.6) is 0 Å². The van der Waals surface area contributed by atoms with Crippen LogP contribution in [0.1, 0.15) is 67.2 Å². The van der Waals surface area contributed by atoms with Gasteiger partial charge in [0.1, 0.15) is 41.8 Å². The molecule has 2 aromatic heterocycles. The Morgan fingerprint density at radius 2 is 1.20 bits per heavy atom. The molecule has 0 bridgehead atoms. The van der Waals surface area contributed by atoms with Crippen molar-refractivity contribution in [2.24, 2.45) is 17.2 Å². The fraction of sp³-hybridized carbons (Fsp3) is 0.373. The number of H-pyrrole nitrogens is 1. The van der Waals surface area contributed by atoms with Crippen molar-refractivity contribution < 1.29 is 38.4 Å². The SMILES string of the molecule is NCCCC[C@H](NC(=O)[C@@H](Cc1c[nH]c2ccccc12)NC(=O)[C@@H](CS)NC(=O)[C@H](Cc1cccnc1)NC(=O)[C@H](N)Cc1cccc(Cl)c1)C(=O)N[C@H](CS)C(=O)NC1(C(=O)N[C@@H](Cc2ccc3ccccc3c2)C(N)=O)CCCC1. The number of amides is 8. The van der Waals surface area contributed by atoms with Crippen molar-refractivity contribution in [2.45, 2.75) is 118 Å². The lowest BCUT2D eigenvalue weighted by Gasteiger charge is -2.32. The maximum absolute atomic E-state index is 14.7. The van der Waals surface area contributed by atoms with E-state index in [0.717, 1.165) is 27.2 Å². The molecule has 7 rings (SSSR count). The standard InChI is InChI=1S/C59H71ClN12O8S2/c60-41-15-9-11-35(26-41)27-43(62)52(74)67-47(29-37-12-10-24-64-31-37)54(76)69-49(33-81)56(78)68-48(30-40-32-65-44-17-4-3-16-42(40)44)55(77)66-45(18-5-8-23-61)53(75)70-50(34-82)57(79)72-59(21-6-7-22-59)58(80)71-46(51(63)73)28-36-19-20-38-13-1-2-14-39(38)25-36/h1-4,9-17,19-20,24-26,31-32,43,45-50,65,81-82H,5-8,18,21-23,27-30,33-34,61-62H2,(H2,63,73)(H,66,77)(H,67,74)(H,68,78)(H,69,76)(H,70,75)(H,71,80)(H,72,79)/t43-,45+,46+,47+,48-,49-,50-/m1/s1. The predicted octanol–water partition coefficient (Wildman–Crippen LogP) is 2.78. The molecule has 0 saturated heterocycles. The smallest absolute Gasteiger partial charge is 0.246 e. The summed E-state index contributed by atoms with van der Waals surface area (Å²) < 4.78 is 0. The van der Waals surface area contributed by atoms with E-state index in [-0.39, 0.29) is 63.0 Å². The number of pyridine rings is 1. The Labute approximate surface area is 491 Å². The molecule has 23 heteroatoms. The van der Waals surface area contributed by atoms with Crippen LogP contribution in [0.4, 0.5) is 0 Å². The highest BCUT2D eigenvalue weighted by molar-refractivity contribution is 7.80. The molecule has 1 fully saturated rings. The molecular formula is C59H71ClN12O8S2. The van der Waals surface area contributed by atoms with Crippen LogP contribution in [-0.2, 0) is 64.0 Å². The minimum absolute atomic E-state index is 0.0218. The molecule has 82 heavy (non-hydrogen) atoms. The Morgan fingerprint density at radius 1 is 0.598 bits per heavy atom. The van der Waals surface area contributed by atoms with E-state index in [0.29, 0.717) is 47.4 Å². The number of primary amides is 1. The zero-order valence-corrected chi connectivity index (χ0v) is 47.8. The molecular weight excluding hydrogens is 1100 g/mol. The fourth-order valence-electron chi connectivity index (χ4n) is 10.1. The van der Waals surface area contributed by atoms with Gasteiger partial charge in [-0.3, -0.25) is 43.3 Å². The van der Waals surface area contributed by atoms with Crippen molar-refractivity contribution in [1.82, 2.24) is 47.2 Å². The molecule has 0 spiro atoms. The molecule has 4 aromatic carbocycles. The maximum Gasteiger partial charge on any atom is 0.246 e. The summed E-state index contributed by atoms with van der Waals surface area (Å²) in [6.07, 6.45) is 7.55. The molecule has 0 radical (unpaired) electrons. The number of thiol groups is 2. The fourth-order valence-corrected chi connectivity index (χ4v) is 10.8. The van der Waals surface area contributed by atoms with Crippen molar-refractivity contribution >= 4 is 106 Å². The van der Waals surface area contributed by atoms with Crippen LogP contribution in [0.15, 0.2) is 122 Å². The van der Waals surface area contributed by atoms with Crippen molar-refractivity contribution in [3.8, 4) is 0 Å². The number of carbonyl (C=O) groups excluding carboxylic acids is 8. The molecule has 6 aromatic rings. The number of nitrogens with one attached hydrogen (secondary N) is 8. The molecule has 20 nitrogen and oxygen atoms in total. The van der Waals surface area contributed by atoms with E-state index in [1.165, 1.54) is 6.20 Å². The number of hydrogen-bond donors (Lipinski definition) is 13. The number of halogens is 1. The predicted molar refractivity (Wildman–Crippen MR) is 321 cm³/mol. The number of fused-ring (bicyclic) bond motifs is 2. The van der Waals surface area contributed by atoms with Crippen molar-refractivity contribution in [3.05, 3.63) is 149 Å². The monoisotopic (exact) mass is 1170 g/mol. The van der Waals surface area contributed by atoms with E-state index in [2.05, 4.69) is 72.4 Å². The van der Waals surface area contributed by atoms with E-state index >= 15 is 0 Å². The molecule has 2 heterocycles. The van der Waals surface area contributed by atoms with Gasteiger partial charge in [-0.2, -0.15) is 25.3 Å². The third-order valence-electron chi connectivity index (χ3n) is 14.6. The minimum atomic E-state index is -1.44. The van der Waals surface area contributed by atoms with Crippen LogP contribution in [-0.4, -0.2) is 123 Å². The quantitative estimate of drug-likeness (QED) is 0.0239. The van der Waals surface area contributed by atoms with Gasteiger partial charge in [0.15, 0.2) is 0 Å². The molecule has 1 aliphatic rings. The van der Waals surface area contributed by atoms with E-state index in [9.17, 15) is 38.4 Å². The Hall–Kier alpha value is -7.50. The van der Waals surface area contributed by atoms with Crippen LogP contribution in [0, 0.1) is 0 Å². The molecule has 0 aliphatic heterocycles. The van der Waals surface area contributed by atoms with E-state index in [1.54, 1.807) is 48.8 Å². The Balaban J connectivity index is 1.06. The first kappa shape index (κ1) is 62.1. The van der Waals surface area contributed by atoms with Gasteiger partial charge in [-0.15, -0.1) is 0 Å². The van der Waals surface area contributed by atoms with Crippen molar-refractivity contribution in [2.75, 3.05) is 18.1 Å². The topological polar surface area (TPSA) is 328 Å². The minimum Gasteiger partial charge on any atom is -0.368 e. The summed E-state index contributed by atoms with van der Waals surface area (Å²) in [5.41, 5.74) is 20.1. The molecule has 1 saturated carbocycles. The second kappa shape index (κ2) is 30.0. The van der Waals surface area contributed by atoms with Gasteiger partial charge in [0.2, 0.25) is 47.3 Å². The van der Waals surface area contributed by atoms with Gasteiger partial charge in [-0.05, 0) is 102 Å². The van der Waals surface area contributed by atoms with Crippen LogP contribution >= 0.6 is 36.9 Å². The third kappa shape index (κ3) is 17.0. The van der Waals surface area contributed by atoms with E-state index < -0.39 is 95.1 Å². The maximum atomic E-state index is 14.7. The van der Waals surface area contributed by atoms with Crippen LogP contribution in [0.25, 0.3) is 21.7 Å². The highest BCUT2D eigenvalue weighted by Gasteiger charge is 2.45. The normalized spacial score (nSPS) is 15.4. The lowest BCUT2D eigenvalue weighted by Crippen LogP contribution is -2.64. The largest absolute Gasteiger partial charge is 0.368 e. The van der Waals surface area contributed by atoms with Crippen LogP contribution < -0.4 is 54.4 Å². The zero-order valence-electron chi connectivity index (χ0n) is 45.2. The summed E-state index contributed by atoms with van der Waals surface area (Å²) in [5.74, 6) is -6.21. The van der Waals surface area contributed by atoms with Crippen LogP contribution in [0.2, 0.25) is 5.02 Å². The summed E-state index contributed by atoms with van der Waals surface area (Å²) >= 11 is 15.0. The lowest BCUT2D eigenvalue weighted by atomic mass is 9.94. The summed E-state index contributed by atoms with van der Waals surface area (Å²) in [4.78, 5) is 120. The lowest BCUT2D eigenvalue weighted by molar-refractivity contribution is -0.137. The number of nitrogens with two attached hydrogens (primary N) is 3. The number of hydrogen-bond acceptors (Lipinski definition) is 13. The highest BCUT2D eigenvalue weighted by atomic mass is 35.5. The van der Waals surface area contributed by atoms with Gasteiger partial charge in [-0.25, -0.2) is 0 Å². The summed E-state index contributed by atoms with van der Waals surface area (Å²) in [6.45, 7) is 0.283. The number of para-hydroxylation sites is 1. The van der Waals surface area contributed by atoms with Crippen LogP contribution in [0.3, 0.4) is 0 Å². The Morgan fingerprint density at radius 3 is 1.88 bits per heavy atom. The number of aromatic nitrogens is 2. The number of aromatic amines is 1. The summed E-state index contributed by atoms with van der Waals surface area (Å²) in [6, 6.07) is 22.4. The molecule has 14 N–H and O–H groups in total. The summed E-state index contributed by atoms with van der Waals surface area (Å²) in [5, 5.41) is 22.6. The average Bonchev–Trinajstić information content (AvgIpc) is 4.28. The summed E-state index contributed by atoms with van der Waals surface area (Å²) in [7, 11) is 0. The van der Waals surface area contributed by atoms with Gasteiger partial charge in [0.25, 0.3) is 0 Å². The number of benzene rings is 4. The van der Waals surface area contributed by atoms with E-state index in [4.69, 9.17) is 28.8 Å². The average molecular weight is 1180 g/mol. The zero-order chi connectivity index (χ0) is 58.8. The second-order valence-corrected chi connectivity index (χ2v) is 21.8. The first-order valence-corrected chi connectivity index (χ1v) is 28.9. The van der Waals surface area contributed by atoms with Gasteiger partial charge in [-0.1, -0.05) is 103 Å². The van der Waals surface area contributed by atoms with Crippen molar-refractivity contribution in [3.63, 3.8) is 0 Å². The number of carbonyl (C=O) groups is 8. The molecule has 0 unspecified atom stereocenters. The Bertz CT molecular complexity index is 3220. The molecule has 8 amide bonds. The third-order valence-corrected chi connectivity index (χ3v) is 15.5. The highest BCUT2D eigenvalue weighted by Crippen LogP contribution is 2.31. The number of unbranched alkanes of at least 4 members (excludes halogenated alkanes) is 1. The number of rotatable bonds is 29. The van der Waals surface area contributed by atoms with Gasteiger partial charge >= 0.3 is 0 Å². The second-order valence-electron chi connectivity index (χ2n) is 20.6. The van der Waals surface area contributed by atoms with Gasteiger partial charge < -0.3 is 59.4 Å². The van der Waals surface area contributed by atoms with E-state index in [1.807, 2.05) is 66.7 Å². The first-order valence-electron chi connectivity index (χ1n) is 27.3.